The first-order valence-electron chi connectivity index (χ1n) is 10.6. The van der Waals surface area contributed by atoms with Crippen molar-refractivity contribution in [2.75, 3.05) is 29.4 Å². The summed E-state index contributed by atoms with van der Waals surface area (Å²) in [7, 11) is 0. The van der Waals surface area contributed by atoms with E-state index >= 15 is 0 Å². The van der Waals surface area contributed by atoms with Gasteiger partial charge in [0.25, 0.3) is 0 Å². The van der Waals surface area contributed by atoms with E-state index in [0.29, 0.717) is 28.0 Å². The number of hydrogen-bond acceptors (Lipinski definition) is 4. The van der Waals surface area contributed by atoms with E-state index in [2.05, 4.69) is 5.32 Å². The van der Waals surface area contributed by atoms with Gasteiger partial charge in [0.1, 0.15) is 5.69 Å². The zero-order valence-corrected chi connectivity index (χ0v) is 19.2. The zero-order chi connectivity index (χ0) is 27.2. The Bertz CT molecular complexity index is 1300. The molecule has 5 amide bonds. The summed E-state index contributed by atoms with van der Waals surface area (Å²) in [5.74, 6) is -7.29. The smallest absolute Gasteiger partial charge is 0.417 e. The van der Waals surface area contributed by atoms with Crippen molar-refractivity contribution < 1.29 is 46.2 Å². The molecular weight excluding hydrogens is 531 g/mol. The van der Waals surface area contributed by atoms with E-state index in [9.17, 15) is 46.2 Å². The molecule has 2 N–H and O–H groups in total. The van der Waals surface area contributed by atoms with E-state index in [4.69, 9.17) is 11.6 Å². The summed E-state index contributed by atoms with van der Waals surface area (Å²) in [5.41, 5.74) is -2.71. The van der Waals surface area contributed by atoms with Gasteiger partial charge in [0, 0.05) is 25.2 Å². The Hall–Kier alpha value is -3.94. The number of benzene rings is 2. The highest BCUT2D eigenvalue weighted by molar-refractivity contribution is 6.32. The second-order valence-corrected chi connectivity index (χ2v) is 8.50. The summed E-state index contributed by atoms with van der Waals surface area (Å²) in [6.07, 6.45) is -4.85. The summed E-state index contributed by atoms with van der Waals surface area (Å²) >= 11 is 5.86. The van der Waals surface area contributed by atoms with Crippen LogP contribution in [0.2, 0.25) is 5.02 Å². The molecule has 15 heteroatoms. The van der Waals surface area contributed by atoms with Crippen molar-refractivity contribution in [1.29, 1.82) is 0 Å². The Labute approximate surface area is 210 Å². The maximum Gasteiger partial charge on any atom is 0.417 e. The molecule has 37 heavy (non-hydrogen) atoms. The third-order valence-corrected chi connectivity index (χ3v) is 6.29. The molecule has 4 rings (SSSR count). The number of carbonyl (C=O) groups is 4. The van der Waals surface area contributed by atoms with Crippen LogP contribution in [0.15, 0.2) is 30.3 Å². The van der Waals surface area contributed by atoms with Gasteiger partial charge < -0.3 is 10.4 Å². The van der Waals surface area contributed by atoms with E-state index in [-0.39, 0.29) is 18.7 Å². The van der Waals surface area contributed by atoms with Crippen LogP contribution >= 0.6 is 11.6 Å². The standard InChI is InChI=1S/C22H16ClF5N4O5/c23-16-10(2-1-3-13(16)22(26,27)28)8-32-18(33)12(19(34)35)9-31(21(32)37)11-6-14(24)17(15(25)7-11)30-5-4-29-20(30)36/h1-3,6-7,12H,4-5,8-9H2,(H,29,36)(H,34,35). The highest BCUT2D eigenvalue weighted by atomic mass is 35.5. The summed E-state index contributed by atoms with van der Waals surface area (Å²) in [6, 6.07) is 2.18. The van der Waals surface area contributed by atoms with Gasteiger partial charge in [-0.1, -0.05) is 23.7 Å². The average molecular weight is 547 g/mol. The number of halogens is 6. The summed E-state index contributed by atoms with van der Waals surface area (Å²) in [6.45, 7) is -1.53. The van der Waals surface area contributed by atoms with E-state index in [1.165, 1.54) is 0 Å². The van der Waals surface area contributed by atoms with Crippen LogP contribution in [0.1, 0.15) is 11.1 Å². The Morgan fingerprint density at radius 2 is 1.76 bits per heavy atom. The maximum absolute atomic E-state index is 14.9. The predicted molar refractivity (Wildman–Crippen MR) is 118 cm³/mol. The lowest BCUT2D eigenvalue weighted by atomic mass is 10.0. The molecule has 2 aromatic rings. The fraction of sp³-hybridized carbons (Fsp3) is 0.273. The van der Waals surface area contributed by atoms with Gasteiger partial charge in [0.05, 0.1) is 29.4 Å². The van der Waals surface area contributed by atoms with Crippen LogP contribution in [0.25, 0.3) is 0 Å². The summed E-state index contributed by atoms with van der Waals surface area (Å²) in [5, 5.41) is 11.1. The quantitative estimate of drug-likeness (QED) is 0.437. The highest BCUT2D eigenvalue weighted by Crippen LogP contribution is 2.37. The molecule has 1 atom stereocenters. The molecular formula is C22H16ClF5N4O5. The molecule has 0 bridgehead atoms. The predicted octanol–water partition coefficient (Wildman–Crippen LogP) is 3.84. The number of nitrogens with zero attached hydrogens (tertiary/aromatic N) is 3. The van der Waals surface area contributed by atoms with Gasteiger partial charge in [0.2, 0.25) is 5.91 Å². The van der Waals surface area contributed by atoms with Crippen LogP contribution in [-0.4, -0.2) is 53.6 Å². The molecule has 0 radical (unpaired) electrons. The highest BCUT2D eigenvalue weighted by Gasteiger charge is 2.44. The molecule has 9 nitrogen and oxygen atoms in total. The van der Waals surface area contributed by atoms with Crippen LogP contribution < -0.4 is 15.1 Å². The molecule has 0 spiro atoms. The van der Waals surface area contributed by atoms with Crippen LogP contribution in [-0.2, 0) is 22.3 Å². The molecule has 0 aliphatic carbocycles. The number of rotatable bonds is 5. The fourth-order valence-corrected chi connectivity index (χ4v) is 4.35. The summed E-state index contributed by atoms with van der Waals surface area (Å²) in [4.78, 5) is 51.3. The lowest BCUT2D eigenvalue weighted by Gasteiger charge is -2.37. The van der Waals surface area contributed by atoms with Crippen LogP contribution in [0.5, 0.6) is 0 Å². The topological polar surface area (TPSA) is 110 Å². The fourth-order valence-electron chi connectivity index (χ4n) is 4.05. The second-order valence-electron chi connectivity index (χ2n) is 8.13. The monoisotopic (exact) mass is 546 g/mol. The first-order chi connectivity index (χ1) is 17.3. The molecule has 2 aromatic carbocycles. The van der Waals surface area contributed by atoms with Crippen molar-refractivity contribution in [3.05, 3.63) is 58.1 Å². The Balaban J connectivity index is 1.72. The van der Waals surface area contributed by atoms with Gasteiger partial charge in [-0.25, -0.2) is 18.4 Å². The van der Waals surface area contributed by atoms with Crippen molar-refractivity contribution in [1.82, 2.24) is 10.2 Å². The third kappa shape index (κ3) is 4.75. The van der Waals surface area contributed by atoms with Crippen molar-refractivity contribution in [2.24, 2.45) is 5.92 Å². The number of urea groups is 2. The SMILES string of the molecule is O=C(O)C1CN(c2cc(F)c(N3CCNC3=O)c(F)c2)C(=O)N(Cc2cccc(C(F)(F)F)c2Cl)C1=O. The number of imide groups is 1. The van der Waals surface area contributed by atoms with E-state index in [1.54, 1.807) is 0 Å². The molecule has 196 valence electrons. The minimum absolute atomic E-state index is 0.0320. The van der Waals surface area contributed by atoms with Crippen molar-refractivity contribution >= 4 is 46.9 Å². The normalized spacial score (nSPS) is 18.5. The van der Waals surface area contributed by atoms with E-state index in [0.717, 1.165) is 17.0 Å². The molecule has 2 aliphatic rings. The van der Waals surface area contributed by atoms with Crippen molar-refractivity contribution in [3.63, 3.8) is 0 Å². The van der Waals surface area contributed by atoms with E-state index < -0.39 is 82.7 Å². The minimum atomic E-state index is -4.85. The number of anilines is 2. The van der Waals surface area contributed by atoms with Gasteiger partial charge in [-0.2, -0.15) is 13.2 Å². The van der Waals surface area contributed by atoms with Crippen LogP contribution in [0.4, 0.5) is 42.9 Å². The first kappa shape index (κ1) is 26.1. The number of carbonyl (C=O) groups excluding carboxylic acids is 3. The molecule has 2 aliphatic heterocycles. The van der Waals surface area contributed by atoms with Gasteiger partial charge in [0.15, 0.2) is 17.6 Å². The minimum Gasteiger partial charge on any atom is -0.481 e. The zero-order valence-electron chi connectivity index (χ0n) is 18.5. The molecule has 1 unspecified atom stereocenters. The Morgan fingerprint density at radius 1 is 1.11 bits per heavy atom. The lowest BCUT2D eigenvalue weighted by Crippen LogP contribution is -2.58. The lowest BCUT2D eigenvalue weighted by molar-refractivity contribution is -0.150. The number of nitrogens with one attached hydrogen (secondary N) is 1. The third-order valence-electron chi connectivity index (χ3n) is 5.84. The van der Waals surface area contributed by atoms with Crippen molar-refractivity contribution in [3.8, 4) is 0 Å². The number of alkyl halides is 3. The van der Waals surface area contributed by atoms with Crippen LogP contribution in [0.3, 0.4) is 0 Å². The first-order valence-corrected chi connectivity index (χ1v) is 10.9. The molecule has 0 aromatic heterocycles. The largest absolute Gasteiger partial charge is 0.481 e. The number of carboxylic acids is 1. The van der Waals surface area contributed by atoms with Gasteiger partial charge >= 0.3 is 24.2 Å². The molecule has 2 fully saturated rings. The van der Waals surface area contributed by atoms with Crippen molar-refractivity contribution in [2.45, 2.75) is 12.7 Å². The van der Waals surface area contributed by atoms with Gasteiger partial charge in [-0.3, -0.25) is 24.3 Å². The Kier molecular flexibility index (Phi) is 6.71. The Morgan fingerprint density at radius 3 is 2.30 bits per heavy atom. The average Bonchev–Trinajstić information content (AvgIpc) is 3.21. The second kappa shape index (κ2) is 9.50. The number of amides is 5. The number of hydrogen-bond donors (Lipinski definition) is 2. The molecule has 2 heterocycles. The summed E-state index contributed by atoms with van der Waals surface area (Å²) < 4.78 is 69.5. The molecule has 0 saturated carbocycles. The van der Waals surface area contributed by atoms with Crippen LogP contribution in [0, 0.1) is 17.6 Å². The van der Waals surface area contributed by atoms with Gasteiger partial charge in [-0.15, -0.1) is 0 Å². The van der Waals surface area contributed by atoms with E-state index in [1.807, 2.05) is 0 Å². The molecule has 2 saturated heterocycles. The van der Waals surface area contributed by atoms with Gasteiger partial charge in [-0.05, 0) is 11.6 Å². The number of carboxylic acid groups (broad SMARTS) is 1. The number of aliphatic carboxylic acids is 1. The maximum atomic E-state index is 14.9.